The first-order valence-corrected chi connectivity index (χ1v) is 13.9. The molecule has 0 radical (unpaired) electrons. The second-order valence-electron chi connectivity index (χ2n) is 9.04. The molecule has 2 nitrogen and oxygen atoms in total. The van der Waals surface area contributed by atoms with Crippen molar-refractivity contribution in [3.05, 3.63) is 28.8 Å². The van der Waals surface area contributed by atoms with Crippen LogP contribution in [0.5, 0.6) is 5.75 Å². The summed E-state index contributed by atoms with van der Waals surface area (Å²) in [6.07, 6.45) is 17.2. The van der Waals surface area contributed by atoms with Crippen molar-refractivity contribution in [3.8, 4) is 5.75 Å². The molecule has 2 aliphatic rings. The SMILES string of the molecule is CCCC(CC)c1cc(C2CCCCC2)cc(C2CCCCC2)c1OSCSO. The predicted octanol–water partition coefficient (Wildman–Crippen LogP) is 9.27. The Morgan fingerprint density at radius 2 is 1.62 bits per heavy atom. The van der Waals surface area contributed by atoms with Gasteiger partial charge in [0.2, 0.25) is 0 Å². The summed E-state index contributed by atoms with van der Waals surface area (Å²) >= 11 is 2.26. The van der Waals surface area contributed by atoms with Gasteiger partial charge in [0.25, 0.3) is 0 Å². The van der Waals surface area contributed by atoms with Crippen molar-refractivity contribution >= 4 is 24.1 Å². The molecule has 3 rings (SSSR count). The zero-order chi connectivity index (χ0) is 20.5. The summed E-state index contributed by atoms with van der Waals surface area (Å²) in [6.45, 7) is 4.63. The van der Waals surface area contributed by atoms with E-state index >= 15 is 0 Å². The largest absolute Gasteiger partial charge is 0.424 e. The molecule has 29 heavy (non-hydrogen) atoms. The highest BCUT2D eigenvalue weighted by Gasteiger charge is 2.27. The molecule has 0 amide bonds. The zero-order valence-corrected chi connectivity index (χ0v) is 20.1. The third-order valence-corrected chi connectivity index (χ3v) is 8.19. The van der Waals surface area contributed by atoms with Gasteiger partial charge in [-0.15, -0.1) is 0 Å². The van der Waals surface area contributed by atoms with Crippen LogP contribution in [-0.2, 0) is 0 Å². The quantitative estimate of drug-likeness (QED) is 0.225. The van der Waals surface area contributed by atoms with Crippen LogP contribution in [0.3, 0.4) is 0 Å². The first-order chi connectivity index (χ1) is 14.3. The fourth-order valence-electron chi connectivity index (χ4n) is 5.52. The number of hydrogen-bond acceptors (Lipinski definition) is 4. The van der Waals surface area contributed by atoms with E-state index < -0.39 is 0 Å². The fraction of sp³-hybridized carbons (Fsp3) is 0.760. The summed E-state index contributed by atoms with van der Waals surface area (Å²) in [5.41, 5.74) is 4.52. The van der Waals surface area contributed by atoms with Gasteiger partial charge < -0.3 is 8.74 Å². The molecule has 164 valence electrons. The third-order valence-electron chi connectivity index (χ3n) is 7.10. The van der Waals surface area contributed by atoms with Crippen molar-refractivity contribution in [3.63, 3.8) is 0 Å². The average molecular weight is 437 g/mol. The van der Waals surface area contributed by atoms with E-state index in [9.17, 15) is 4.55 Å². The van der Waals surface area contributed by atoms with Gasteiger partial charge in [-0.3, -0.25) is 0 Å². The highest BCUT2D eigenvalue weighted by atomic mass is 32.2. The summed E-state index contributed by atoms with van der Waals surface area (Å²) in [4.78, 5) is 0. The molecule has 4 heteroatoms. The molecule has 0 bridgehead atoms. The highest BCUT2D eigenvalue weighted by molar-refractivity contribution is 8.11. The minimum atomic E-state index is 0.554. The monoisotopic (exact) mass is 436 g/mol. The predicted molar refractivity (Wildman–Crippen MR) is 129 cm³/mol. The molecule has 0 heterocycles. The van der Waals surface area contributed by atoms with Crippen molar-refractivity contribution in [1.29, 1.82) is 0 Å². The van der Waals surface area contributed by atoms with Gasteiger partial charge in [0.1, 0.15) is 10.8 Å². The second-order valence-corrected chi connectivity index (χ2v) is 10.6. The minimum absolute atomic E-state index is 0.554. The average Bonchev–Trinajstić information content (AvgIpc) is 2.79. The topological polar surface area (TPSA) is 29.5 Å². The molecule has 1 N–H and O–H groups in total. The molecule has 1 aromatic rings. The van der Waals surface area contributed by atoms with E-state index in [0.717, 1.165) is 23.7 Å². The Kier molecular flexibility index (Phi) is 10.1. The van der Waals surface area contributed by atoms with Crippen LogP contribution in [0, 0.1) is 0 Å². The number of hydrogen-bond donors (Lipinski definition) is 1. The van der Waals surface area contributed by atoms with Crippen LogP contribution in [0.4, 0.5) is 0 Å². The molecule has 2 aliphatic carbocycles. The van der Waals surface area contributed by atoms with Crippen LogP contribution in [-0.4, -0.2) is 9.64 Å². The Bertz CT molecular complexity index is 581. The first kappa shape index (κ1) is 23.3. The Morgan fingerprint density at radius 1 is 0.966 bits per heavy atom. The summed E-state index contributed by atoms with van der Waals surface area (Å²) in [7, 11) is 0. The molecule has 1 unspecified atom stereocenters. The van der Waals surface area contributed by atoms with E-state index in [1.807, 2.05) is 0 Å². The van der Waals surface area contributed by atoms with E-state index in [0.29, 0.717) is 16.9 Å². The van der Waals surface area contributed by atoms with Gasteiger partial charge in [-0.2, -0.15) is 0 Å². The van der Waals surface area contributed by atoms with Gasteiger partial charge in [0.15, 0.2) is 0 Å². The maximum atomic E-state index is 9.20. The van der Waals surface area contributed by atoms with Crippen LogP contribution < -0.4 is 4.18 Å². The molecular weight excluding hydrogens is 396 g/mol. The lowest BCUT2D eigenvalue weighted by molar-refractivity contribution is 0.427. The zero-order valence-electron chi connectivity index (χ0n) is 18.5. The summed E-state index contributed by atoms with van der Waals surface area (Å²) in [5, 5.41) is 0.554. The van der Waals surface area contributed by atoms with Crippen molar-refractivity contribution in [2.45, 2.75) is 115 Å². The molecule has 2 saturated carbocycles. The second kappa shape index (κ2) is 12.5. The van der Waals surface area contributed by atoms with Crippen LogP contribution in [0.15, 0.2) is 12.1 Å². The molecule has 0 aromatic heterocycles. The first-order valence-electron chi connectivity index (χ1n) is 12.0. The lowest BCUT2D eigenvalue weighted by Crippen LogP contribution is -2.12. The van der Waals surface area contributed by atoms with Crippen LogP contribution in [0.2, 0.25) is 0 Å². The molecule has 2 fully saturated rings. The smallest absolute Gasteiger partial charge is 0.144 e. The van der Waals surface area contributed by atoms with Gasteiger partial charge in [-0.05, 0) is 73.0 Å². The maximum Gasteiger partial charge on any atom is 0.144 e. The van der Waals surface area contributed by atoms with Gasteiger partial charge in [0.05, 0.1) is 12.0 Å². The Morgan fingerprint density at radius 3 is 2.21 bits per heavy atom. The van der Waals surface area contributed by atoms with E-state index in [1.165, 1.54) is 107 Å². The van der Waals surface area contributed by atoms with Gasteiger partial charge in [-0.25, -0.2) is 0 Å². The molecule has 1 aromatic carbocycles. The Hall–Kier alpha value is -0.320. The summed E-state index contributed by atoms with van der Waals surface area (Å²) in [5.74, 6) is 3.10. The normalized spacial score (nSPS) is 20.0. The van der Waals surface area contributed by atoms with E-state index in [4.69, 9.17) is 4.18 Å². The molecule has 0 aliphatic heterocycles. The van der Waals surface area contributed by atoms with Crippen molar-refractivity contribution in [2.75, 3.05) is 5.08 Å². The molecule has 0 spiro atoms. The fourth-order valence-corrected chi connectivity index (χ4v) is 6.19. The van der Waals surface area contributed by atoms with Gasteiger partial charge in [0, 0.05) is 12.0 Å². The molecular formula is C25H40O2S2. The van der Waals surface area contributed by atoms with E-state index in [-0.39, 0.29) is 0 Å². The minimum Gasteiger partial charge on any atom is -0.424 e. The lowest BCUT2D eigenvalue weighted by atomic mass is 9.77. The van der Waals surface area contributed by atoms with Crippen molar-refractivity contribution in [2.24, 2.45) is 0 Å². The van der Waals surface area contributed by atoms with Gasteiger partial charge in [-0.1, -0.05) is 70.9 Å². The van der Waals surface area contributed by atoms with Crippen LogP contribution >= 0.6 is 24.1 Å². The van der Waals surface area contributed by atoms with Crippen molar-refractivity contribution in [1.82, 2.24) is 0 Å². The summed E-state index contributed by atoms with van der Waals surface area (Å²) < 4.78 is 15.6. The molecule has 0 saturated heterocycles. The van der Waals surface area contributed by atoms with Crippen LogP contribution in [0.25, 0.3) is 0 Å². The maximum absolute atomic E-state index is 9.20. The van der Waals surface area contributed by atoms with Crippen LogP contribution in [0.1, 0.15) is 132 Å². The van der Waals surface area contributed by atoms with E-state index in [2.05, 4.69) is 26.0 Å². The number of rotatable bonds is 10. The lowest BCUT2D eigenvalue weighted by Gasteiger charge is -2.30. The van der Waals surface area contributed by atoms with Crippen molar-refractivity contribution < 1.29 is 8.74 Å². The number of benzene rings is 1. The van der Waals surface area contributed by atoms with E-state index in [1.54, 1.807) is 5.56 Å². The Balaban J connectivity index is 2.04. The third kappa shape index (κ3) is 6.33. The standard InChI is InChI=1S/C25H40O2S2/c1-3-11-19(4-2)23-16-22(20-12-7-5-8-13-20)17-24(21-14-9-6-10-15-21)25(23)27-29-18-28-26/h16-17,19-21,26H,3-15,18H2,1-2H3. The Labute approximate surface area is 187 Å². The highest BCUT2D eigenvalue weighted by Crippen LogP contribution is 2.47. The molecule has 1 atom stereocenters. The van der Waals surface area contributed by atoms with Gasteiger partial charge >= 0.3 is 0 Å². The summed E-state index contributed by atoms with van der Waals surface area (Å²) in [6, 6.07) is 5.06.